The summed E-state index contributed by atoms with van der Waals surface area (Å²) in [4.78, 5) is 31.2. The van der Waals surface area contributed by atoms with E-state index >= 15 is 0 Å². The molecule has 0 aliphatic carbocycles. The number of amides is 1. The molecule has 33 heavy (non-hydrogen) atoms. The van der Waals surface area contributed by atoms with E-state index in [9.17, 15) is 18.0 Å². The van der Waals surface area contributed by atoms with Gasteiger partial charge in [-0.25, -0.2) is 8.42 Å². The van der Waals surface area contributed by atoms with Gasteiger partial charge in [-0.2, -0.15) is 4.31 Å². The summed E-state index contributed by atoms with van der Waals surface area (Å²) in [5.41, 5.74) is 0.556. The molecule has 0 spiro atoms. The molecule has 9 heteroatoms. The molecule has 0 saturated carbocycles. The summed E-state index contributed by atoms with van der Waals surface area (Å²) in [5.74, 6) is -1.16. The van der Waals surface area contributed by atoms with Crippen LogP contribution in [0.2, 0.25) is 0 Å². The Morgan fingerprint density at radius 3 is 2.33 bits per heavy atom. The average Bonchev–Trinajstić information content (AvgIpc) is 2.81. The molecule has 1 aromatic carbocycles. The molecule has 1 saturated heterocycles. The molecule has 1 fully saturated rings. The zero-order valence-corrected chi connectivity index (χ0v) is 20.1. The van der Waals surface area contributed by atoms with Crippen LogP contribution in [-0.2, 0) is 30.9 Å². The standard InChI is InChI=1S/C24H31N3O5S/c1-24(2,3)27(17-19-8-5-4-6-9-19)22(28)18-32-23(29)20-11-14-26(15-12-20)33(30,31)21-10-7-13-25-16-21/h4-10,13,16,20H,11-12,14-15,17-18H2,1-3H3. The number of carbonyl (C=O) groups is 2. The van der Waals surface area contributed by atoms with Gasteiger partial charge < -0.3 is 9.64 Å². The van der Waals surface area contributed by atoms with Crippen molar-refractivity contribution >= 4 is 21.9 Å². The van der Waals surface area contributed by atoms with Crippen LogP contribution in [0, 0.1) is 5.92 Å². The lowest BCUT2D eigenvalue weighted by Crippen LogP contribution is -2.47. The van der Waals surface area contributed by atoms with Crippen LogP contribution in [-0.4, -0.2) is 59.7 Å². The Bertz CT molecular complexity index is 1040. The van der Waals surface area contributed by atoms with Crippen molar-refractivity contribution in [1.82, 2.24) is 14.2 Å². The van der Waals surface area contributed by atoms with E-state index in [0.29, 0.717) is 19.4 Å². The zero-order chi connectivity index (χ0) is 24.1. The van der Waals surface area contributed by atoms with E-state index in [2.05, 4.69) is 4.98 Å². The van der Waals surface area contributed by atoms with Crippen LogP contribution in [0.4, 0.5) is 0 Å². The van der Waals surface area contributed by atoms with Gasteiger partial charge in [-0.1, -0.05) is 30.3 Å². The predicted octanol–water partition coefficient (Wildman–Crippen LogP) is 2.85. The Kier molecular flexibility index (Phi) is 7.86. The largest absolute Gasteiger partial charge is 0.455 e. The Balaban J connectivity index is 1.54. The van der Waals surface area contributed by atoms with Crippen molar-refractivity contribution in [3.8, 4) is 0 Å². The van der Waals surface area contributed by atoms with Crippen LogP contribution in [0.1, 0.15) is 39.2 Å². The molecule has 0 radical (unpaired) electrons. The number of esters is 1. The lowest BCUT2D eigenvalue weighted by atomic mass is 9.98. The number of carbonyl (C=O) groups excluding carboxylic acids is 2. The molecule has 8 nitrogen and oxygen atoms in total. The molecule has 0 N–H and O–H groups in total. The van der Waals surface area contributed by atoms with Crippen LogP contribution in [0.15, 0.2) is 59.8 Å². The van der Waals surface area contributed by atoms with Crippen LogP contribution < -0.4 is 0 Å². The third kappa shape index (κ3) is 6.39. The molecule has 1 aromatic heterocycles. The smallest absolute Gasteiger partial charge is 0.309 e. The van der Waals surface area contributed by atoms with Gasteiger partial charge in [-0.3, -0.25) is 14.6 Å². The minimum Gasteiger partial charge on any atom is -0.455 e. The van der Waals surface area contributed by atoms with E-state index < -0.39 is 27.4 Å². The Hall–Kier alpha value is -2.78. The number of sulfonamides is 1. The first-order valence-corrected chi connectivity index (χ1v) is 12.4. The van der Waals surface area contributed by atoms with Crippen molar-refractivity contribution in [1.29, 1.82) is 0 Å². The number of benzene rings is 1. The maximum atomic E-state index is 12.9. The van der Waals surface area contributed by atoms with Gasteiger partial charge in [0.2, 0.25) is 10.0 Å². The monoisotopic (exact) mass is 473 g/mol. The molecule has 0 unspecified atom stereocenters. The number of ether oxygens (including phenoxy) is 1. The fourth-order valence-electron chi connectivity index (χ4n) is 3.77. The molecule has 0 atom stereocenters. The minimum absolute atomic E-state index is 0.136. The molecule has 3 rings (SSSR count). The summed E-state index contributed by atoms with van der Waals surface area (Å²) >= 11 is 0. The maximum absolute atomic E-state index is 12.9. The first-order valence-electron chi connectivity index (χ1n) is 11.0. The number of hydrogen-bond donors (Lipinski definition) is 0. The van der Waals surface area contributed by atoms with Crippen LogP contribution in [0.5, 0.6) is 0 Å². The van der Waals surface area contributed by atoms with Gasteiger partial charge in [-0.05, 0) is 51.3 Å². The Labute approximate surface area is 195 Å². The van der Waals surface area contributed by atoms with Crippen molar-refractivity contribution < 1.29 is 22.7 Å². The van der Waals surface area contributed by atoms with Gasteiger partial charge in [-0.15, -0.1) is 0 Å². The number of rotatable bonds is 7. The summed E-state index contributed by atoms with van der Waals surface area (Å²) in [6.45, 7) is 6.33. The molecule has 1 aliphatic heterocycles. The van der Waals surface area contributed by atoms with Crippen LogP contribution >= 0.6 is 0 Å². The van der Waals surface area contributed by atoms with Gasteiger partial charge in [0.25, 0.3) is 5.91 Å². The lowest BCUT2D eigenvalue weighted by molar-refractivity contribution is -0.158. The van der Waals surface area contributed by atoms with E-state index in [1.807, 2.05) is 51.1 Å². The highest BCUT2D eigenvalue weighted by Crippen LogP contribution is 2.24. The topological polar surface area (TPSA) is 96.9 Å². The first kappa shape index (κ1) is 24.9. The third-order valence-corrected chi connectivity index (χ3v) is 7.57. The van der Waals surface area contributed by atoms with Crippen molar-refractivity contribution in [2.45, 2.75) is 50.6 Å². The van der Waals surface area contributed by atoms with E-state index in [0.717, 1.165) is 5.56 Å². The molecular weight excluding hydrogens is 442 g/mol. The van der Waals surface area contributed by atoms with Crippen molar-refractivity contribution in [2.24, 2.45) is 5.92 Å². The number of pyridine rings is 1. The summed E-state index contributed by atoms with van der Waals surface area (Å²) < 4.78 is 32.2. The van der Waals surface area contributed by atoms with Gasteiger partial charge in [0.15, 0.2) is 6.61 Å². The highest BCUT2D eigenvalue weighted by molar-refractivity contribution is 7.89. The summed E-state index contributed by atoms with van der Waals surface area (Å²) in [5, 5.41) is 0. The predicted molar refractivity (Wildman–Crippen MR) is 123 cm³/mol. The zero-order valence-electron chi connectivity index (χ0n) is 19.3. The normalized spacial score (nSPS) is 15.7. The fraction of sp³-hybridized carbons (Fsp3) is 0.458. The number of nitrogens with zero attached hydrogens (tertiary/aromatic N) is 3. The van der Waals surface area contributed by atoms with E-state index in [1.54, 1.807) is 11.0 Å². The second-order valence-electron chi connectivity index (χ2n) is 9.11. The quantitative estimate of drug-likeness (QED) is 0.574. The summed E-state index contributed by atoms with van der Waals surface area (Å²) in [7, 11) is -3.64. The highest BCUT2D eigenvalue weighted by atomic mass is 32.2. The molecule has 2 heterocycles. The van der Waals surface area contributed by atoms with Gasteiger partial charge in [0.05, 0.1) is 5.92 Å². The van der Waals surface area contributed by atoms with Crippen molar-refractivity contribution in [3.63, 3.8) is 0 Å². The molecule has 0 bridgehead atoms. The van der Waals surface area contributed by atoms with E-state index in [4.69, 9.17) is 4.74 Å². The summed E-state index contributed by atoms with van der Waals surface area (Å²) in [6, 6.07) is 12.7. The number of aromatic nitrogens is 1. The second-order valence-corrected chi connectivity index (χ2v) is 11.0. The first-order chi connectivity index (χ1) is 15.6. The fourth-order valence-corrected chi connectivity index (χ4v) is 5.21. The summed E-state index contributed by atoms with van der Waals surface area (Å²) in [6.07, 6.45) is 3.53. The Morgan fingerprint density at radius 1 is 1.09 bits per heavy atom. The third-order valence-electron chi connectivity index (χ3n) is 5.69. The highest BCUT2D eigenvalue weighted by Gasteiger charge is 2.34. The van der Waals surface area contributed by atoms with E-state index in [1.165, 1.54) is 22.8 Å². The maximum Gasteiger partial charge on any atom is 0.309 e. The van der Waals surface area contributed by atoms with E-state index in [-0.39, 0.29) is 30.5 Å². The second kappa shape index (κ2) is 10.4. The molecule has 1 aliphatic rings. The molecule has 2 aromatic rings. The van der Waals surface area contributed by atoms with Gasteiger partial charge in [0.1, 0.15) is 4.90 Å². The minimum atomic E-state index is -3.64. The molecule has 1 amide bonds. The van der Waals surface area contributed by atoms with Crippen molar-refractivity contribution in [3.05, 3.63) is 60.4 Å². The number of piperidine rings is 1. The number of hydrogen-bond acceptors (Lipinski definition) is 6. The van der Waals surface area contributed by atoms with Crippen LogP contribution in [0.25, 0.3) is 0 Å². The molecule has 178 valence electrons. The SMILES string of the molecule is CC(C)(C)N(Cc1ccccc1)C(=O)COC(=O)C1CCN(S(=O)(=O)c2cccnc2)CC1. The molecular formula is C24H31N3O5S. The van der Waals surface area contributed by atoms with Gasteiger partial charge in [0, 0.05) is 37.6 Å². The van der Waals surface area contributed by atoms with Crippen LogP contribution in [0.3, 0.4) is 0 Å². The average molecular weight is 474 g/mol. The van der Waals surface area contributed by atoms with Gasteiger partial charge >= 0.3 is 5.97 Å². The van der Waals surface area contributed by atoms with Crippen molar-refractivity contribution in [2.75, 3.05) is 19.7 Å². The lowest BCUT2D eigenvalue weighted by Gasteiger charge is -2.36. The Morgan fingerprint density at radius 2 is 1.76 bits per heavy atom.